The van der Waals surface area contributed by atoms with E-state index >= 15 is 0 Å². The Bertz CT molecular complexity index is 268. The van der Waals surface area contributed by atoms with Crippen LogP contribution in [0.2, 0.25) is 10.0 Å². The van der Waals surface area contributed by atoms with Crippen molar-refractivity contribution >= 4 is 23.2 Å². The molecule has 0 amide bonds. The van der Waals surface area contributed by atoms with Crippen LogP contribution in [-0.4, -0.2) is 0 Å². The third-order valence-electron chi connectivity index (χ3n) is 0.921. The van der Waals surface area contributed by atoms with E-state index in [1.807, 2.05) is 6.07 Å². The summed E-state index contributed by atoms with van der Waals surface area (Å²) in [5.41, 5.74) is 0.359. The Morgan fingerprint density at radius 3 is 2.60 bits per heavy atom. The molecule has 1 nitrogen and oxygen atoms in total. The van der Waals surface area contributed by atoms with Gasteiger partial charge in [0.05, 0.1) is 16.7 Å². The second-order valence-electron chi connectivity index (χ2n) is 1.67. The number of hydrogen-bond donors (Lipinski definition) is 0. The maximum absolute atomic E-state index is 8.39. The smallest absolute Gasteiger partial charge is 0.0999 e. The van der Waals surface area contributed by atoms with Gasteiger partial charge in [-0.15, -0.1) is 0 Å². The van der Waals surface area contributed by atoms with Gasteiger partial charge in [-0.1, -0.05) is 23.2 Å². The number of rotatable bonds is 0. The van der Waals surface area contributed by atoms with Crippen molar-refractivity contribution in [3.63, 3.8) is 0 Å². The third kappa shape index (κ3) is 1.63. The molecule has 49 valence electrons. The van der Waals surface area contributed by atoms with Crippen molar-refractivity contribution < 1.29 is 0 Å². The lowest BCUT2D eigenvalue weighted by Gasteiger charge is -1.90. The first-order chi connectivity index (χ1) is 4.72. The van der Waals surface area contributed by atoms with Crippen LogP contribution in [0.5, 0.6) is 0 Å². The summed E-state index contributed by atoms with van der Waals surface area (Å²) in [5.74, 6) is 0. The zero-order chi connectivity index (χ0) is 7.56. The monoisotopic (exact) mass is 170 g/mol. The molecular formula is C7H2Cl2N. The first-order valence-electron chi connectivity index (χ1n) is 2.51. The zero-order valence-electron chi connectivity index (χ0n) is 4.86. The molecule has 0 unspecified atom stereocenters. The van der Waals surface area contributed by atoms with Gasteiger partial charge in [0.25, 0.3) is 0 Å². The Morgan fingerprint density at radius 1 is 1.40 bits per heavy atom. The van der Waals surface area contributed by atoms with Crippen LogP contribution in [0.15, 0.2) is 12.1 Å². The van der Waals surface area contributed by atoms with Gasteiger partial charge in [0, 0.05) is 11.1 Å². The van der Waals surface area contributed by atoms with Gasteiger partial charge in [0.1, 0.15) is 0 Å². The van der Waals surface area contributed by atoms with E-state index in [-0.39, 0.29) is 0 Å². The Kier molecular flexibility index (Phi) is 2.16. The van der Waals surface area contributed by atoms with E-state index in [1.165, 1.54) is 12.1 Å². The van der Waals surface area contributed by atoms with Crippen LogP contribution >= 0.6 is 23.2 Å². The molecule has 0 saturated heterocycles. The van der Waals surface area contributed by atoms with Crippen molar-refractivity contribution in [3.8, 4) is 6.07 Å². The topological polar surface area (TPSA) is 23.8 Å². The molecule has 0 spiro atoms. The number of halogens is 2. The van der Waals surface area contributed by atoms with Gasteiger partial charge in [-0.05, 0) is 12.1 Å². The minimum absolute atomic E-state index is 0.359. The maximum Gasteiger partial charge on any atom is 0.0999 e. The van der Waals surface area contributed by atoms with E-state index in [1.54, 1.807) is 0 Å². The largest absolute Gasteiger partial charge is 0.192 e. The molecule has 0 aliphatic heterocycles. The molecule has 10 heavy (non-hydrogen) atoms. The molecule has 0 aliphatic rings. The minimum atomic E-state index is 0.359. The molecule has 3 heteroatoms. The summed E-state index contributed by atoms with van der Waals surface area (Å²) in [4.78, 5) is 0. The fourth-order valence-corrected chi connectivity index (χ4v) is 1.06. The number of benzene rings is 1. The number of hydrogen-bond acceptors (Lipinski definition) is 1. The second-order valence-corrected chi connectivity index (χ2v) is 2.52. The molecule has 0 N–H and O–H groups in total. The highest BCUT2D eigenvalue weighted by Gasteiger charge is 1.95. The van der Waals surface area contributed by atoms with Crippen LogP contribution in [0, 0.1) is 17.4 Å². The fraction of sp³-hybridized carbons (Fsp3) is 0. The van der Waals surface area contributed by atoms with Crippen LogP contribution in [0.1, 0.15) is 5.56 Å². The quantitative estimate of drug-likeness (QED) is 0.588. The predicted octanol–water partition coefficient (Wildman–Crippen LogP) is 2.67. The molecule has 1 radical (unpaired) electrons. The van der Waals surface area contributed by atoms with E-state index in [9.17, 15) is 0 Å². The van der Waals surface area contributed by atoms with Crippen molar-refractivity contribution in [2.45, 2.75) is 0 Å². The molecule has 0 bridgehead atoms. The Morgan fingerprint density at radius 2 is 2.10 bits per heavy atom. The van der Waals surface area contributed by atoms with E-state index in [0.717, 1.165) is 0 Å². The van der Waals surface area contributed by atoms with E-state index in [4.69, 9.17) is 28.5 Å². The number of nitriles is 1. The van der Waals surface area contributed by atoms with Crippen LogP contribution in [0.3, 0.4) is 0 Å². The summed E-state index contributed by atoms with van der Waals surface area (Å²) in [6.45, 7) is 0. The molecule has 0 fully saturated rings. The molecule has 1 aromatic rings. The first-order valence-corrected chi connectivity index (χ1v) is 3.26. The summed E-state index contributed by atoms with van der Waals surface area (Å²) < 4.78 is 0. The molecular weight excluding hydrogens is 169 g/mol. The van der Waals surface area contributed by atoms with Crippen LogP contribution in [0.4, 0.5) is 0 Å². The van der Waals surface area contributed by atoms with Gasteiger partial charge in [0.15, 0.2) is 0 Å². The lowest BCUT2D eigenvalue weighted by Crippen LogP contribution is -1.74. The highest BCUT2D eigenvalue weighted by atomic mass is 35.5. The third-order valence-corrected chi connectivity index (χ3v) is 1.34. The molecule has 0 aliphatic carbocycles. The van der Waals surface area contributed by atoms with Crippen LogP contribution in [0.25, 0.3) is 0 Å². The highest BCUT2D eigenvalue weighted by Crippen LogP contribution is 2.17. The predicted molar refractivity (Wildman–Crippen MR) is 40.0 cm³/mol. The summed E-state index contributed by atoms with van der Waals surface area (Å²) in [6.07, 6.45) is 0. The molecule has 0 heterocycles. The summed E-state index contributed by atoms with van der Waals surface area (Å²) in [6, 6.07) is 7.54. The molecule has 0 saturated carbocycles. The van der Waals surface area contributed by atoms with E-state index < -0.39 is 0 Å². The first kappa shape index (κ1) is 7.40. The van der Waals surface area contributed by atoms with E-state index in [2.05, 4.69) is 6.07 Å². The lowest BCUT2D eigenvalue weighted by molar-refractivity contribution is 1.48. The maximum atomic E-state index is 8.39. The van der Waals surface area contributed by atoms with Crippen molar-refractivity contribution in [3.05, 3.63) is 33.8 Å². The molecule has 0 aromatic heterocycles. The molecule has 1 aromatic carbocycles. The molecule has 0 atom stereocenters. The van der Waals surface area contributed by atoms with Gasteiger partial charge < -0.3 is 0 Å². The summed E-state index contributed by atoms with van der Waals surface area (Å²) in [5, 5.41) is 9.21. The standard InChI is InChI=1S/C7H2Cl2N/c8-6-1-5(4-10)2-7(9)3-6/h1,3H. The number of nitrogens with zero attached hydrogens (tertiary/aromatic N) is 1. The summed E-state index contributed by atoms with van der Waals surface area (Å²) in [7, 11) is 0. The van der Waals surface area contributed by atoms with Gasteiger partial charge in [-0.2, -0.15) is 5.26 Å². The van der Waals surface area contributed by atoms with Gasteiger partial charge in [0.2, 0.25) is 0 Å². The van der Waals surface area contributed by atoms with Gasteiger partial charge >= 0.3 is 0 Å². The average molecular weight is 171 g/mol. The molecule has 1 rings (SSSR count). The minimum Gasteiger partial charge on any atom is -0.192 e. The van der Waals surface area contributed by atoms with Crippen molar-refractivity contribution in [1.82, 2.24) is 0 Å². The Labute approximate surface area is 68.8 Å². The SMILES string of the molecule is N#Cc1[c]c(Cl)cc(Cl)c1. The van der Waals surface area contributed by atoms with Crippen LogP contribution in [-0.2, 0) is 0 Å². The zero-order valence-corrected chi connectivity index (χ0v) is 6.37. The average Bonchev–Trinajstić information content (AvgIpc) is 1.85. The van der Waals surface area contributed by atoms with E-state index in [0.29, 0.717) is 15.6 Å². The van der Waals surface area contributed by atoms with Crippen molar-refractivity contribution in [1.29, 1.82) is 5.26 Å². The van der Waals surface area contributed by atoms with Gasteiger partial charge in [-0.3, -0.25) is 0 Å². The van der Waals surface area contributed by atoms with Gasteiger partial charge in [-0.25, -0.2) is 0 Å². The fourth-order valence-electron chi connectivity index (χ4n) is 0.562. The second kappa shape index (κ2) is 2.92. The normalized spacial score (nSPS) is 8.90. The Hall–Kier alpha value is -0.710. The lowest BCUT2D eigenvalue weighted by atomic mass is 10.2. The van der Waals surface area contributed by atoms with Crippen molar-refractivity contribution in [2.75, 3.05) is 0 Å². The van der Waals surface area contributed by atoms with Crippen LogP contribution < -0.4 is 0 Å². The Balaban J connectivity index is 3.22. The van der Waals surface area contributed by atoms with Crippen molar-refractivity contribution in [2.24, 2.45) is 0 Å². The highest BCUT2D eigenvalue weighted by molar-refractivity contribution is 6.34. The summed E-state index contributed by atoms with van der Waals surface area (Å²) >= 11 is 11.1.